The number of hydrogen-bond acceptors (Lipinski definition) is 5. The van der Waals surface area contributed by atoms with Crippen LogP contribution in [0.2, 0.25) is 0 Å². The van der Waals surface area contributed by atoms with Crippen molar-refractivity contribution >= 4 is 5.78 Å². The fraction of sp³-hybridized carbons (Fsp3) is 0.133. The quantitative estimate of drug-likeness (QED) is 0.591. The number of aromatic hydroxyl groups is 3. The van der Waals surface area contributed by atoms with Crippen LogP contribution in [0.5, 0.6) is 23.0 Å². The van der Waals surface area contributed by atoms with Crippen LogP contribution in [0, 0.1) is 0 Å². The number of methoxy groups -OCH3 is 1. The van der Waals surface area contributed by atoms with E-state index in [0.717, 1.165) is 0 Å². The van der Waals surface area contributed by atoms with Gasteiger partial charge >= 0.3 is 0 Å². The Balaban J connectivity index is 2.89. The minimum absolute atomic E-state index is 0.0486. The highest BCUT2D eigenvalue weighted by Crippen LogP contribution is 2.46. The van der Waals surface area contributed by atoms with Crippen LogP contribution in [0.4, 0.5) is 0 Å². The number of phenolic OH excluding ortho intramolecular Hbond substituents is 3. The zero-order valence-electron chi connectivity index (χ0n) is 11.0. The summed E-state index contributed by atoms with van der Waals surface area (Å²) >= 11 is 0. The zero-order valence-corrected chi connectivity index (χ0v) is 11.0. The molecule has 0 fully saturated rings. The smallest absolute Gasteiger partial charge is 0.164 e. The summed E-state index contributed by atoms with van der Waals surface area (Å²) in [6.07, 6.45) is 0. The Kier molecular flexibility index (Phi) is 3.52. The molecule has 0 aliphatic carbocycles. The lowest BCUT2D eigenvalue weighted by Crippen LogP contribution is -1.99. The molecule has 0 amide bonds. The summed E-state index contributed by atoms with van der Waals surface area (Å²) in [4.78, 5) is 11.7. The van der Waals surface area contributed by atoms with Crippen LogP contribution in [-0.2, 0) is 0 Å². The normalized spacial score (nSPS) is 10.3. The van der Waals surface area contributed by atoms with Gasteiger partial charge in [-0.05, 0) is 31.2 Å². The van der Waals surface area contributed by atoms with E-state index >= 15 is 0 Å². The van der Waals surface area contributed by atoms with E-state index in [4.69, 9.17) is 4.74 Å². The summed E-state index contributed by atoms with van der Waals surface area (Å²) < 4.78 is 5.15. The third kappa shape index (κ3) is 2.14. The fourth-order valence-corrected chi connectivity index (χ4v) is 2.13. The first-order valence-corrected chi connectivity index (χ1v) is 5.89. The van der Waals surface area contributed by atoms with Crippen LogP contribution < -0.4 is 4.74 Å². The molecule has 0 heterocycles. The van der Waals surface area contributed by atoms with Crippen LogP contribution >= 0.6 is 0 Å². The van der Waals surface area contributed by atoms with Crippen molar-refractivity contribution in [2.75, 3.05) is 7.11 Å². The predicted molar refractivity (Wildman–Crippen MR) is 73.4 cm³/mol. The van der Waals surface area contributed by atoms with Gasteiger partial charge in [0, 0.05) is 5.56 Å². The summed E-state index contributed by atoms with van der Waals surface area (Å²) in [6, 6.07) is 7.05. The molecule has 5 heteroatoms. The van der Waals surface area contributed by atoms with E-state index in [-0.39, 0.29) is 39.7 Å². The first-order chi connectivity index (χ1) is 9.47. The third-order valence-corrected chi connectivity index (χ3v) is 2.99. The average molecular weight is 274 g/mol. The molecule has 5 nitrogen and oxygen atoms in total. The maximum Gasteiger partial charge on any atom is 0.164 e. The van der Waals surface area contributed by atoms with Crippen molar-refractivity contribution in [3.8, 4) is 34.1 Å². The fourth-order valence-electron chi connectivity index (χ4n) is 2.13. The first-order valence-electron chi connectivity index (χ1n) is 5.89. The van der Waals surface area contributed by atoms with Crippen LogP contribution in [0.25, 0.3) is 11.1 Å². The van der Waals surface area contributed by atoms with Crippen LogP contribution in [-0.4, -0.2) is 28.2 Å². The van der Waals surface area contributed by atoms with E-state index in [1.54, 1.807) is 12.1 Å². The standard InChI is InChI=1S/C15H14O5/c1-8(16)13-10(18)6-7-11(19)15(13)14-9(17)4-3-5-12(14)20-2/h3-7,17-19H,1-2H3. The number of ether oxygens (including phenoxy) is 1. The summed E-state index contributed by atoms with van der Waals surface area (Å²) in [5.74, 6) is -0.803. The number of benzene rings is 2. The molecule has 0 radical (unpaired) electrons. The Hall–Kier alpha value is -2.69. The Bertz CT molecular complexity index is 676. The summed E-state index contributed by atoms with van der Waals surface area (Å²) in [6.45, 7) is 1.27. The van der Waals surface area contributed by atoms with Crippen LogP contribution in [0.15, 0.2) is 30.3 Å². The molecule has 2 rings (SSSR count). The molecule has 0 aliphatic heterocycles. The van der Waals surface area contributed by atoms with E-state index in [2.05, 4.69) is 0 Å². The van der Waals surface area contributed by atoms with Crippen molar-refractivity contribution in [3.63, 3.8) is 0 Å². The topological polar surface area (TPSA) is 87.0 Å². The van der Waals surface area contributed by atoms with Crippen molar-refractivity contribution in [2.45, 2.75) is 6.92 Å². The van der Waals surface area contributed by atoms with E-state index in [0.29, 0.717) is 0 Å². The molecule has 0 spiro atoms. The van der Waals surface area contributed by atoms with Crippen molar-refractivity contribution < 1.29 is 24.9 Å². The molecule has 3 N–H and O–H groups in total. The van der Waals surface area contributed by atoms with Gasteiger partial charge in [0.25, 0.3) is 0 Å². The number of phenols is 3. The first kappa shape index (κ1) is 13.7. The van der Waals surface area contributed by atoms with Gasteiger partial charge in [0.2, 0.25) is 0 Å². The van der Waals surface area contributed by atoms with Crippen molar-refractivity contribution in [3.05, 3.63) is 35.9 Å². The number of rotatable bonds is 3. The summed E-state index contributed by atoms with van der Waals surface area (Å²) in [5, 5.41) is 29.9. The number of Topliss-reactive ketones (excluding diaryl/α,β-unsaturated/α-hetero) is 1. The van der Waals surface area contributed by atoms with Gasteiger partial charge in [0.05, 0.1) is 18.2 Å². The molecule has 0 aliphatic rings. The van der Waals surface area contributed by atoms with Gasteiger partial charge in [-0.15, -0.1) is 0 Å². The third-order valence-electron chi connectivity index (χ3n) is 2.99. The van der Waals surface area contributed by atoms with E-state index in [1.165, 1.54) is 32.2 Å². The molecule has 2 aromatic carbocycles. The second kappa shape index (κ2) is 5.13. The largest absolute Gasteiger partial charge is 0.507 e. The lowest BCUT2D eigenvalue weighted by molar-refractivity contribution is 0.101. The summed E-state index contributed by atoms with van der Waals surface area (Å²) in [7, 11) is 1.41. The maximum atomic E-state index is 11.7. The van der Waals surface area contributed by atoms with Gasteiger partial charge in [0.1, 0.15) is 23.0 Å². The zero-order chi connectivity index (χ0) is 14.9. The molecule has 0 atom stereocenters. The minimum Gasteiger partial charge on any atom is -0.507 e. The second-order valence-corrected chi connectivity index (χ2v) is 4.26. The molecule has 20 heavy (non-hydrogen) atoms. The summed E-state index contributed by atoms with van der Waals surface area (Å²) in [5.41, 5.74) is 0.144. The molecular weight excluding hydrogens is 260 g/mol. The van der Waals surface area contributed by atoms with Crippen LogP contribution in [0.3, 0.4) is 0 Å². The SMILES string of the molecule is COc1cccc(O)c1-c1c(O)ccc(O)c1C(C)=O. The molecule has 0 bridgehead atoms. The highest BCUT2D eigenvalue weighted by Gasteiger charge is 2.23. The number of carbonyl (C=O) groups excluding carboxylic acids is 1. The number of carbonyl (C=O) groups is 1. The number of ketones is 1. The van der Waals surface area contributed by atoms with Gasteiger partial charge in [0.15, 0.2) is 5.78 Å². The molecule has 104 valence electrons. The molecule has 2 aromatic rings. The van der Waals surface area contributed by atoms with Gasteiger partial charge in [-0.3, -0.25) is 4.79 Å². The second-order valence-electron chi connectivity index (χ2n) is 4.26. The van der Waals surface area contributed by atoms with Gasteiger partial charge in [-0.25, -0.2) is 0 Å². The molecule has 0 aromatic heterocycles. The minimum atomic E-state index is -0.432. The van der Waals surface area contributed by atoms with E-state index in [9.17, 15) is 20.1 Å². The molecule has 0 saturated heterocycles. The predicted octanol–water partition coefficient (Wildman–Crippen LogP) is 2.68. The van der Waals surface area contributed by atoms with Gasteiger partial charge < -0.3 is 20.1 Å². The van der Waals surface area contributed by atoms with E-state index in [1.807, 2.05) is 0 Å². The van der Waals surface area contributed by atoms with Crippen molar-refractivity contribution in [2.24, 2.45) is 0 Å². The van der Waals surface area contributed by atoms with Crippen LogP contribution in [0.1, 0.15) is 17.3 Å². The highest BCUT2D eigenvalue weighted by atomic mass is 16.5. The Morgan fingerprint density at radius 2 is 1.55 bits per heavy atom. The van der Waals surface area contributed by atoms with Crippen molar-refractivity contribution in [1.29, 1.82) is 0 Å². The van der Waals surface area contributed by atoms with Crippen molar-refractivity contribution in [1.82, 2.24) is 0 Å². The lowest BCUT2D eigenvalue weighted by atomic mass is 9.94. The Morgan fingerprint density at radius 1 is 0.950 bits per heavy atom. The molecular formula is C15H14O5. The lowest BCUT2D eigenvalue weighted by Gasteiger charge is -2.15. The Labute approximate surface area is 115 Å². The monoisotopic (exact) mass is 274 g/mol. The molecule has 0 saturated carbocycles. The molecule has 0 unspecified atom stereocenters. The van der Waals surface area contributed by atoms with Gasteiger partial charge in [-0.2, -0.15) is 0 Å². The maximum absolute atomic E-state index is 11.7. The number of hydrogen-bond donors (Lipinski definition) is 3. The van der Waals surface area contributed by atoms with E-state index < -0.39 is 5.78 Å². The Morgan fingerprint density at radius 3 is 2.15 bits per heavy atom. The highest BCUT2D eigenvalue weighted by molar-refractivity contribution is 6.06. The van der Waals surface area contributed by atoms with Gasteiger partial charge in [-0.1, -0.05) is 6.07 Å². The average Bonchev–Trinajstić information content (AvgIpc) is 2.40.